The standard InChI is InChI=1S/C15H17ClN4O2/c1-11-2-4-12(5-3-11)10-20-14(16)13(17-18-20)15(21)19-6-8-22-9-7-19/h2-5H,6-10H2,1H3. The molecule has 0 bridgehead atoms. The van der Waals surface area contributed by atoms with E-state index in [2.05, 4.69) is 10.3 Å². The van der Waals surface area contributed by atoms with Crippen molar-refractivity contribution in [2.75, 3.05) is 26.3 Å². The summed E-state index contributed by atoms with van der Waals surface area (Å²) in [6.45, 7) is 4.72. The number of aromatic nitrogens is 3. The Morgan fingerprint density at radius 1 is 1.27 bits per heavy atom. The fourth-order valence-corrected chi connectivity index (χ4v) is 2.53. The predicted molar refractivity (Wildman–Crippen MR) is 82.0 cm³/mol. The summed E-state index contributed by atoms with van der Waals surface area (Å²) in [6.07, 6.45) is 0. The summed E-state index contributed by atoms with van der Waals surface area (Å²) in [5.74, 6) is -0.191. The normalized spacial score (nSPS) is 15.1. The van der Waals surface area contributed by atoms with E-state index in [-0.39, 0.29) is 16.8 Å². The second kappa shape index (κ2) is 6.46. The number of halogens is 1. The number of carbonyl (C=O) groups is 1. The van der Waals surface area contributed by atoms with Crippen molar-refractivity contribution in [1.82, 2.24) is 19.9 Å². The summed E-state index contributed by atoms with van der Waals surface area (Å²) in [4.78, 5) is 14.1. The van der Waals surface area contributed by atoms with E-state index in [4.69, 9.17) is 16.3 Å². The van der Waals surface area contributed by atoms with E-state index in [9.17, 15) is 4.79 Å². The molecule has 7 heteroatoms. The highest BCUT2D eigenvalue weighted by atomic mass is 35.5. The first-order chi connectivity index (χ1) is 10.6. The third kappa shape index (κ3) is 3.13. The highest BCUT2D eigenvalue weighted by molar-refractivity contribution is 6.32. The van der Waals surface area contributed by atoms with Crippen molar-refractivity contribution in [2.24, 2.45) is 0 Å². The average molecular weight is 321 g/mol. The Hall–Kier alpha value is -1.92. The number of hydrogen-bond acceptors (Lipinski definition) is 4. The van der Waals surface area contributed by atoms with Gasteiger partial charge in [-0.3, -0.25) is 4.79 Å². The summed E-state index contributed by atoms with van der Waals surface area (Å²) in [7, 11) is 0. The molecule has 0 aliphatic carbocycles. The molecule has 2 heterocycles. The number of hydrogen-bond donors (Lipinski definition) is 0. The van der Waals surface area contributed by atoms with Crippen LogP contribution in [0.15, 0.2) is 24.3 Å². The first kappa shape index (κ1) is 15.0. The molecule has 1 amide bonds. The van der Waals surface area contributed by atoms with Crippen LogP contribution in [0, 0.1) is 6.92 Å². The van der Waals surface area contributed by atoms with E-state index in [1.165, 1.54) is 5.56 Å². The van der Waals surface area contributed by atoms with Crippen LogP contribution in [0.3, 0.4) is 0 Å². The molecule has 22 heavy (non-hydrogen) atoms. The average Bonchev–Trinajstić information content (AvgIpc) is 2.91. The van der Waals surface area contributed by atoms with Gasteiger partial charge in [0.25, 0.3) is 5.91 Å². The molecule has 1 saturated heterocycles. The van der Waals surface area contributed by atoms with Gasteiger partial charge in [-0.25, -0.2) is 4.68 Å². The lowest BCUT2D eigenvalue weighted by molar-refractivity contribution is 0.0299. The van der Waals surface area contributed by atoms with Gasteiger partial charge in [-0.15, -0.1) is 5.10 Å². The van der Waals surface area contributed by atoms with Crippen LogP contribution in [0.2, 0.25) is 5.15 Å². The molecule has 0 atom stereocenters. The predicted octanol–water partition coefficient (Wildman–Crippen LogP) is 1.76. The molecule has 1 aromatic heterocycles. The van der Waals surface area contributed by atoms with Gasteiger partial charge in [0.05, 0.1) is 19.8 Å². The van der Waals surface area contributed by atoms with Gasteiger partial charge in [0.1, 0.15) is 0 Å². The maximum Gasteiger partial charge on any atom is 0.277 e. The van der Waals surface area contributed by atoms with Crippen LogP contribution in [0.25, 0.3) is 0 Å². The number of morpholine rings is 1. The van der Waals surface area contributed by atoms with Gasteiger partial charge < -0.3 is 9.64 Å². The Balaban J connectivity index is 1.76. The maximum atomic E-state index is 12.4. The minimum Gasteiger partial charge on any atom is -0.378 e. The summed E-state index contributed by atoms with van der Waals surface area (Å²) in [5, 5.41) is 8.23. The van der Waals surface area contributed by atoms with Crippen molar-refractivity contribution in [1.29, 1.82) is 0 Å². The van der Waals surface area contributed by atoms with Crippen molar-refractivity contribution < 1.29 is 9.53 Å². The zero-order valence-corrected chi connectivity index (χ0v) is 13.1. The van der Waals surface area contributed by atoms with Gasteiger partial charge >= 0.3 is 0 Å². The van der Waals surface area contributed by atoms with Crippen LogP contribution < -0.4 is 0 Å². The number of aryl methyl sites for hydroxylation is 1. The van der Waals surface area contributed by atoms with Gasteiger partial charge in [-0.1, -0.05) is 46.6 Å². The molecule has 0 saturated carbocycles. The van der Waals surface area contributed by atoms with Gasteiger partial charge in [0.15, 0.2) is 10.8 Å². The van der Waals surface area contributed by atoms with Gasteiger partial charge in [-0.05, 0) is 12.5 Å². The molecule has 0 unspecified atom stereocenters. The minimum absolute atomic E-state index is 0.191. The number of amides is 1. The molecule has 1 fully saturated rings. The number of rotatable bonds is 3. The molecule has 3 rings (SSSR count). The van der Waals surface area contributed by atoms with Crippen LogP contribution in [0.4, 0.5) is 0 Å². The highest BCUT2D eigenvalue weighted by Crippen LogP contribution is 2.17. The second-order valence-electron chi connectivity index (χ2n) is 5.28. The topological polar surface area (TPSA) is 60.2 Å². The molecule has 1 aliphatic heterocycles. The summed E-state index contributed by atoms with van der Waals surface area (Å²) in [5.41, 5.74) is 2.45. The van der Waals surface area contributed by atoms with Crippen molar-refractivity contribution in [3.05, 3.63) is 46.2 Å². The van der Waals surface area contributed by atoms with Crippen LogP contribution in [0.5, 0.6) is 0 Å². The van der Waals surface area contributed by atoms with Crippen LogP contribution in [-0.4, -0.2) is 52.1 Å². The van der Waals surface area contributed by atoms with Gasteiger partial charge in [0, 0.05) is 13.1 Å². The summed E-state index contributed by atoms with van der Waals surface area (Å²) in [6, 6.07) is 8.08. The Morgan fingerprint density at radius 3 is 2.64 bits per heavy atom. The number of ether oxygens (including phenoxy) is 1. The lowest BCUT2D eigenvalue weighted by Crippen LogP contribution is -2.41. The Labute approximate surface area is 133 Å². The highest BCUT2D eigenvalue weighted by Gasteiger charge is 2.25. The second-order valence-corrected chi connectivity index (χ2v) is 5.63. The summed E-state index contributed by atoms with van der Waals surface area (Å²) >= 11 is 6.28. The Morgan fingerprint density at radius 2 is 1.95 bits per heavy atom. The zero-order chi connectivity index (χ0) is 15.5. The molecule has 116 valence electrons. The molecule has 6 nitrogen and oxygen atoms in total. The number of nitrogens with zero attached hydrogens (tertiary/aromatic N) is 4. The Kier molecular flexibility index (Phi) is 4.40. The lowest BCUT2D eigenvalue weighted by atomic mass is 10.1. The van der Waals surface area contributed by atoms with E-state index in [0.717, 1.165) is 5.56 Å². The maximum absolute atomic E-state index is 12.4. The van der Waals surface area contributed by atoms with Crippen molar-refractivity contribution in [2.45, 2.75) is 13.5 Å². The molecule has 0 spiro atoms. The summed E-state index contributed by atoms with van der Waals surface area (Å²) < 4.78 is 6.78. The van der Waals surface area contributed by atoms with Crippen LogP contribution >= 0.6 is 11.6 Å². The quantitative estimate of drug-likeness (QED) is 0.864. The smallest absolute Gasteiger partial charge is 0.277 e. The molecule has 0 radical (unpaired) electrons. The van der Waals surface area contributed by atoms with Gasteiger partial charge in [0.2, 0.25) is 0 Å². The third-order valence-electron chi connectivity index (χ3n) is 3.63. The molecule has 0 N–H and O–H groups in total. The first-order valence-corrected chi connectivity index (χ1v) is 7.54. The number of carbonyl (C=O) groups excluding carboxylic acids is 1. The van der Waals surface area contributed by atoms with E-state index < -0.39 is 0 Å². The van der Waals surface area contributed by atoms with E-state index in [1.807, 2.05) is 31.2 Å². The van der Waals surface area contributed by atoms with Crippen molar-refractivity contribution >= 4 is 17.5 Å². The molecule has 2 aromatic rings. The number of benzene rings is 1. The van der Waals surface area contributed by atoms with Gasteiger partial charge in [-0.2, -0.15) is 0 Å². The van der Waals surface area contributed by atoms with E-state index >= 15 is 0 Å². The fourth-order valence-electron chi connectivity index (χ4n) is 2.32. The molecule has 1 aliphatic rings. The monoisotopic (exact) mass is 320 g/mol. The van der Waals surface area contributed by atoms with Crippen LogP contribution in [-0.2, 0) is 11.3 Å². The molecular formula is C15H17ClN4O2. The van der Waals surface area contributed by atoms with Crippen molar-refractivity contribution in [3.63, 3.8) is 0 Å². The van der Waals surface area contributed by atoms with E-state index in [0.29, 0.717) is 32.8 Å². The molecular weight excluding hydrogens is 304 g/mol. The minimum atomic E-state index is -0.191. The largest absolute Gasteiger partial charge is 0.378 e. The fraction of sp³-hybridized carbons (Fsp3) is 0.400. The van der Waals surface area contributed by atoms with Crippen LogP contribution in [0.1, 0.15) is 21.6 Å². The van der Waals surface area contributed by atoms with Crippen molar-refractivity contribution in [3.8, 4) is 0 Å². The first-order valence-electron chi connectivity index (χ1n) is 7.16. The molecule has 1 aromatic carbocycles. The zero-order valence-electron chi connectivity index (χ0n) is 12.3. The Bertz CT molecular complexity index is 663. The van der Waals surface area contributed by atoms with E-state index in [1.54, 1.807) is 9.58 Å². The SMILES string of the molecule is Cc1ccc(Cn2nnc(C(=O)N3CCOCC3)c2Cl)cc1. The third-order valence-corrected chi connectivity index (χ3v) is 4.00. The lowest BCUT2D eigenvalue weighted by Gasteiger charge is -2.25.